The first-order valence-electron chi connectivity index (χ1n) is 12.7. The van der Waals surface area contributed by atoms with E-state index in [0.29, 0.717) is 34.1 Å². The number of amides is 4. The van der Waals surface area contributed by atoms with Gasteiger partial charge in [0.25, 0.3) is 0 Å². The number of carboxylic acid groups (broad SMARTS) is 1. The van der Waals surface area contributed by atoms with Gasteiger partial charge in [-0.05, 0) is 48.4 Å². The predicted octanol–water partition coefficient (Wildman–Crippen LogP) is 3.18. The second-order valence-electron chi connectivity index (χ2n) is 9.32. The van der Waals surface area contributed by atoms with Gasteiger partial charge in [-0.3, -0.25) is 19.4 Å². The minimum Gasteiger partial charge on any atom is -0.495 e. The molecule has 2 aromatic carbocycles. The molecule has 3 aromatic rings. The number of nitrogens with one attached hydrogen (secondary N) is 2. The number of pyridine rings is 1. The van der Waals surface area contributed by atoms with Gasteiger partial charge in [0.2, 0.25) is 11.8 Å². The maximum absolute atomic E-state index is 13.0. The Bertz CT molecular complexity index is 1410. The molecule has 5 N–H and O–H groups in total. The highest BCUT2D eigenvalue weighted by Crippen LogP contribution is 2.27. The fourth-order valence-corrected chi connectivity index (χ4v) is 4.09. The summed E-state index contributed by atoms with van der Waals surface area (Å²) in [5.41, 5.74) is 8.99. The van der Waals surface area contributed by atoms with E-state index in [1.165, 1.54) is 30.2 Å². The van der Waals surface area contributed by atoms with E-state index < -0.39 is 23.9 Å². The van der Waals surface area contributed by atoms with Crippen molar-refractivity contribution in [2.24, 2.45) is 5.73 Å². The number of methoxy groups -OCH3 is 1. The lowest BCUT2D eigenvalue weighted by Gasteiger charge is -2.27. The molecule has 1 atom stereocenters. The van der Waals surface area contributed by atoms with Gasteiger partial charge in [-0.25, -0.2) is 4.79 Å². The molecule has 0 fully saturated rings. The Morgan fingerprint density at radius 1 is 1.00 bits per heavy atom. The van der Waals surface area contributed by atoms with Crippen molar-refractivity contribution in [3.05, 3.63) is 77.6 Å². The molecule has 41 heavy (non-hydrogen) atoms. The van der Waals surface area contributed by atoms with Crippen LogP contribution in [0.5, 0.6) is 5.75 Å². The van der Waals surface area contributed by atoms with Crippen LogP contribution in [0.15, 0.2) is 60.8 Å². The number of aryl methyl sites for hydroxylation is 1. The number of likely N-dealkylation sites (N-methyl/N-ethyl adjacent to an activating group) is 2. The van der Waals surface area contributed by atoms with E-state index in [1.807, 2.05) is 25.1 Å². The van der Waals surface area contributed by atoms with E-state index in [9.17, 15) is 24.3 Å². The van der Waals surface area contributed by atoms with Crippen molar-refractivity contribution in [1.29, 1.82) is 0 Å². The van der Waals surface area contributed by atoms with Crippen LogP contribution in [0, 0.1) is 6.92 Å². The third-order valence-electron chi connectivity index (χ3n) is 6.54. The van der Waals surface area contributed by atoms with Crippen molar-refractivity contribution in [2.45, 2.75) is 25.8 Å². The number of hydrogen-bond donors (Lipinski definition) is 4. The fraction of sp³-hybridized carbons (Fsp3) is 0.276. The molecule has 0 radical (unpaired) electrons. The van der Waals surface area contributed by atoms with E-state index in [2.05, 4.69) is 15.6 Å². The molecule has 0 aliphatic rings. The van der Waals surface area contributed by atoms with E-state index in [1.54, 1.807) is 43.4 Å². The van der Waals surface area contributed by atoms with Gasteiger partial charge in [0.15, 0.2) is 0 Å². The number of ether oxygens (including phenoxy) is 1. The van der Waals surface area contributed by atoms with Gasteiger partial charge in [-0.1, -0.05) is 24.3 Å². The minimum absolute atomic E-state index is 0.0413. The molecule has 0 saturated heterocycles. The molecule has 1 unspecified atom stereocenters. The average molecular weight is 563 g/mol. The summed E-state index contributed by atoms with van der Waals surface area (Å²) in [6.07, 6.45) is 1.15. The van der Waals surface area contributed by atoms with Gasteiger partial charge < -0.3 is 36.0 Å². The molecule has 12 nitrogen and oxygen atoms in total. The normalized spacial score (nSPS) is 11.2. The van der Waals surface area contributed by atoms with Crippen LogP contribution in [-0.4, -0.2) is 66.6 Å². The molecule has 0 spiro atoms. The van der Waals surface area contributed by atoms with Crippen molar-refractivity contribution in [3.63, 3.8) is 0 Å². The third-order valence-corrected chi connectivity index (χ3v) is 6.54. The highest BCUT2D eigenvalue weighted by Gasteiger charge is 2.25. The van der Waals surface area contributed by atoms with Gasteiger partial charge in [-0.15, -0.1) is 0 Å². The molecule has 12 heteroatoms. The SMILES string of the molecule is COc1cc(CC(=O)N(C)c2ccc(C(CC(=O)O)N(C)C(=O)CN)nc2)ccc1NC(=O)Nc1ccccc1C. The lowest BCUT2D eigenvalue weighted by molar-refractivity contribution is -0.140. The number of hydrogen-bond acceptors (Lipinski definition) is 7. The maximum atomic E-state index is 13.0. The molecule has 0 aliphatic heterocycles. The van der Waals surface area contributed by atoms with Crippen molar-refractivity contribution < 1.29 is 29.0 Å². The summed E-state index contributed by atoms with van der Waals surface area (Å²) >= 11 is 0. The zero-order valence-corrected chi connectivity index (χ0v) is 23.4. The standard InChI is InChI=1S/C29H34N6O6/c1-18-7-5-6-8-21(18)32-29(40)33-23-11-9-19(13-25(23)41-4)14-26(36)34(2)20-10-12-22(31-17-20)24(15-28(38)39)35(3)27(37)16-30/h5-13,17,24H,14-16,30H2,1-4H3,(H,38,39)(H2,32,33,40). The van der Waals surface area contributed by atoms with Gasteiger partial charge in [0, 0.05) is 19.8 Å². The number of carbonyl (C=O) groups excluding carboxylic acids is 3. The molecular weight excluding hydrogens is 528 g/mol. The summed E-state index contributed by atoms with van der Waals surface area (Å²) < 4.78 is 5.44. The van der Waals surface area contributed by atoms with Crippen LogP contribution in [0.3, 0.4) is 0 Å². The second-order valence-corrected chi connectivity index (χ2v) is 9.32. The highest BCUT2D eigenvalue weighted by molar-refractivity contribution is 6.01. The Balaban J connectivity index is 1.68. The van der Waals surface area contributed by atoms with Crippen LogP contribution in [-0.2, 0) is 20.8 Å². The van der Waals surface area contributed by atoms with Crippen LogP contribution >= 0.6 is 0 Å². The Kier molecular flexibility index (Phi) is 10.4. The van der Waals surface area contributed by atoms with E-state index in [-0.39, 0.29) is 25.3 Å². The van der Waals surface area contributed by atoms with Crippen LogP contribution in [0.25, 0.3) is 0 Å². The number of nitrogens with zero attached hydrogens (tertiary/aromatic N) is 3. The number of aromatic nitrogens is 1. The summed E-state index contributed by atoms with van der Waals surface area (Å²) in [7, 11) is 4.54. The Morgan fingerprint density at radius 2 is 1.71 bits per heavy atom. The average Bonchev–Trinajstić information content (AvgIpc) is 2.96. The second kappa shape index (κ2) is 13.9. The fourth-order valence-electron chi connectivity index (χ4n) is 4.09. The zero-order chi connectivity index (χ0) is 30.1. The molecule has 1 heterocycles. The highest BCUT2D eigenvalue weighted by atomic mass is 16.5. The first kappa shape index (κ1) is 30.6. The molecule has 0 saturated carbocycles. The third kappa shape index (κ3) is 8.02. The number of carboxylic acids is 1. The predicted molar refractivity (Wildman–Crippen MR) is 155 cm³/mol. The Morgan fingerprint density at radius 3 is 2.32 bits per heavy atom. The Labute approximate surface area is 238 Å². The van der Waals surface area contributed by atoms with Crippen LogP contribution in [0.1, 0.15) is 29.3 Å². The molecule has 4 amide bonds. The van der Waals surface area contributed by atoms with E-state index in [4.69, 9.17) is 10.5 Å². The summed E-state index contributed by atoms with van der Waals surface area (Å²) in [6, 6.07) is 14.5. The van der Waals surface area contributed by atoms with E-state index in [0.717, 1.165) is 5.56 Å². The quantitative estimate of drug-likeness (QED) is 0.276. The van der Waals surface area contributed by atoms with E-state index >= 15 is 0 Å². The lowest BCUT2D eigenvalue weighted by Crippen LogP contribution is -2.37. The number of rotatable bonds is 11. The lowest BCUT2D eigenvalue weighted by atomic mass is 10.1. The number of nitrogens with two attached hydrogens (primary N) is 1. The summed E-state index contributed by atoms with van der Waals surface area (Å²) in [5.74, 6) is -1.35. The van der Waals surface area contributed by atoms with Crippen molar-refractivity contribution in [2.75, 3.05) is 43.3 Å². The first-order chi connectivity index (χ1) is 19.5. The Hall–Kier alpha value is -4.97. The number of benzene rings is 2. The van der Waals surface area contributed by atoms with Gasteiger partial charge in [0.1, 0.15) is 5.75 Å². The smallest absolute Gasteiger partial charge is 0.323 e. The summed E-state index contributed by atoms with van der Waals surface area (Å²) in [4.78, 5) is 56.0. The van der Waals surface area contributed by atoms with Crippen LogP contribution in [0.4, 0.5) is 21.9 Å². The van der Waals surface area contributed by atoms with Gasteiger partial charge >= 0.3 is 12.0 Å². The monoisotopic (exact) mass is 562 g/mol. The minimum atomic E-state index is -1.09. The molecule has 216 valence electrons. The van der Waals surface area contributed by atoms with Crippen LogP contribution in [0.2, 0.25) is 0 Å². The zero-order valence-electron chi connectivity index (χ0n) is 23.4. The number of para-hydroxylation sites is 1. The van der Waals surface area contributed by atoms with Crippen LogP contribution < -0.4 is 26.0 Å². The summed E-state index contributed by atoms with van der Waals surface area (Å²) in [6.45, 7) is 1.63. The largest absolute Gasteiger partial charge is 0.495 e. The maximum Gasteiger partial charge on any atom is 0.323 e. The summed E-state index contributed by atoms with van der Waals surface area (Å²) in [5, 5.41) is 14.9. The molecule has 3 rings (SSSR count). The van der Waals surface area contributed by atoms with Gasteiger partial charge in [-0.2, -0.15) is 0 Å². The number of carbonyl (C=O) groups is 4. The molecule has 1 aromatic heterocycles. The first-order valence-corrected chi connectivity index (χ1v) is 12.7. The number of anilines is 3. The van der Waals surface area contributed by atoms with Crippen molar-refractivity contribution in [3.8, 4) is 5.75 Å². The molecular formula is C29H34N6O6. The van der Waals surface area contributed by atoms with Gasteiger partial charge in [0.05, 0.1) is 55.8 Å². The molecule has 0 aliphatic carbocycles. The van der Waals surface area contributed by atoms with Crippen molar-refractivity contribution in [1.82, 2.24) is 9.88 Å². The molecule has 0 bridgehead atoms. The number of aliphatic carboxylic acids is 1. The number of urea groups is 1. The van der Waals surface area contributed by atoms with Crippen molar-refractivity contribution >= 4 is 40.9 Å². The topological polar surface area (TPSA) is 167 Å².